The molecule has 0 amide bonds. The minimum Gasteiger partial charge on any atom is -0.379 e. The van der Waals surface area contributed by atoms with Crippen molar-refractivity contribution < 1.29 is 56.8 Å². The van der Waals surface area contributed by atoms with Gasteiger partial charge < -0.3 is 74.0 Å². The molecule has 15 heteroatoms. The third kappa shape index (κ3) is 75.7. The molecule has 0 saturated heterocycles. The molecule has 0 saturated carbocycles. The SMILES string of the molecule is C.CC(N)COCCOC(C)COCC(C)N.CCCC(C)COCC(C)OCCOCC(C)C.CCCC(C)COCCOC(C)COCC(C)CCC.CCCC(C)COCCOC(C)COCC(C)N. The van der Waals surface area contributed by atoms with Gasteiger partial charge in [0.2, 0.25) is 0 Å². The molecule has 0 rings (SSSR count). The molecule has 0 fully saturated rings. The molecule has 6 N–H and O–H groups in total. The van der Waals surface area contributed by atoms with Gasteiger partial charge in [-0.1, -0.05) is 102 Å². The zero-order valence-electron chi connectivity index (χ0n) is 50.4. The summed E-state index contributed by atoms with van der Waals surface area (Å²) >= 11 is 0. The van der Waals surface area contributed by atoms with Crippen LogP contribution in [-0.4, -0.2) is 175 Å². The summed E-state index contributed by atoms with van der Waals surface area (Å²) in [6, 6.07) is 0.231. The molecule has 0 heterocycles. The van der Waals surface area contributed by atoms with E-state index in [1.54, 1.807) is 0 Å². The summed E-state index contributed by atoms with van der Waals surface area (Å²) in [7, 11) is 0. The van der Waals surface area contributed by atoms with Gasteiger partial charge in [-0.2, -0.15) is 0 Å². The highest BCUT2D eigenvalue weighted by Gasteiger charge is 2.09. The van der Waals surface area contributed by atoms with E-state index in [4.69, 9.17) is 74.0 Å². The standard InChI is InChI=1S/C17H36O3.C15H32O3.C14H31NO3.C11H26N2O3.CH4/c1-6-8-15(3)12-18-10-11-20-17(5)14-19-13-16(4)9-7-2;1-6-7-14(4)11-17-12-15(5)18-9-8-16-10-13(2)3;1-5-6-12(2)9-16-7-8-18-14(4)11-17-10-13(3)15;1-9(12)6-14-4-5-16-11(3)8-15-7-10(2)13;/h15-17H,6-14H2,1-5H3;13-15H,6-12H2,1-5H3;12-14H,5-11,15H2,1-4H3;9-11H,4-8,12-13H2,1-3H3;1H4. The third-order valence-corrected chi connectivity index (χ3v) is 10.3. The molecule has 11 atom stereocenters. The lowest BCUT2D eigenvalue weighted by Gasteiger charge is -2.16. The molecule has 73 heavy (non-hydrogen) atoms. The van der Waals surface area contributed by atoms with Crippen molar-refractivity contribution in [1.29, 1.82) is 0 Å². The molecule has 0 aromatic rings. The van der Waals surface area contributed by atoms with E-state index in [1.165, 1.54) is 51.4 Å². The van der Waals surface area contributed by atoms with Gasteiger partial charge in [0, 0.05) is 51.2 Å². The quantitative estimate of drug-likeness (QED) is 0.0488. The van der Waals surface area contributed by atoms with Crippen LogP contribution in [0.1, 0.15) is 176 Å². The number of nitrogens with two attached hydrogens (primary N) is 3. The van der Waals surface area contributed by atoms with Gasteiger partial charge in [-0.3, -0.25) is 0 Å². The van der Waals surface area contributed by atoms with Crippen LogP contribution < -0.4 is 17.2 Å². The zero-order valence-corrected chi connectivity index (χ0v) is 50.4. The molecule has 0 bridgehead atoms. The summed E-state index contributed by atoms with van der Waals surface area (Å²) in [5.41, 5.74) is 16.7. The van der Waals surface area contributed by atoms with Crippen molar-refractivity contribution in [2.75, 3.05) is 132 Å². The zero-order chi connectivity index (χ0) is 55.2. The van der Waals surface area contributed by atoms with Crippen LogP contribution in [-0.2, 0) is 56.8 Å². The van der Waals surface area contributed by atoms with Gasteiger partial charge in [-0.15, -0.1) is 0 Å². The highest BCUT2D eigenvalue weighted by atomic mass is 16.6. The fourth-order valence-corrected chi connectivity index (χ4v) is 6.60. The van der Waals surface area contributed by atoms with Gasteiger partial charge in [0.1, 0.15) is 0 Å². The van der Waals surface area contributed by atoms with Crippen molar-refractivity contribution in [1.82, 2.24) is 0 Å². The van der Waals surface area contributed by atoms with Crippen LogP contribution in [0.4, 0.5) is 0 Å². The van der Waals surface area contributed by atoms with Crippen molar-refractivity contribution in [2.24, 2.45) is 46.8 Å². The van der Waals surface area contributed by atoms with E-state index in [9.17, 15) is 0 Å². The number of hydrogen-bond donors (Lipinski definition) is 3. The van der Waals surface area contributed by atoms with Crippen LogP contribution in [0.5, 0.6) is 0 Å². The Bertz CT molecular complexity index is 1010. The Labute approximate surface area is 453 Å². The van der Waals surface area contributed by atoms with Crippen LogP contribution in [0, 0.1) is 29.6 Å². The molecule has 0 spiro atoms. The Morgan fingerprint density at radius 1 is 0.260 bits per heavy atom. The highest BCUT2D eigenvalue weighted by Crippen LogP contribution is 2.09. The molecule has 0 radical (unpaired) electrons. The molecule has 0 aliphatic rings. The smallest absolute Gasteiger partial charge is 0.0781 e. The average Bonchev–Trinajstić information content (AvgIpc) is 3.29. The molecular formula is C58H129N3O12. The number of rotatable bonds is 48. The van der Waals surface area contributed by atoms with Crippen LogP contribution in [0.25, 0.3) is 0 Å². The molecule has 0 aliphatic carbocycles. The van der Waals surface area contributed by atoms with Gasteiger partial charge in [-0.05, 0) is 104 Å². The molecule has 11 unspecified atom stereocenters. The van der Waals surface area contributed by atoms with Gasteiger partial charge in [0.15, 0.2) is 0 Å². The van der Waals surface area contributed by atoms with E-state index >= 15 is 0 Å². The Kier molecular flexibility index (Phi) is 69.3. The van der Waals surface area contributed by atoms with Gasteiger partial charge >= 0.3 is 0 Å². The largest absolute Gasteiger partial charge is 0.379 e. The first kappa shape index (κ1) is 81.2. The topological polar surface area (TPSA) is 189 Å². The second kappa shape index (κ2) is 62.2. The molecule has 448 valence electrons. The van der Waals surface area contributed by atoms with E-state index in [0.717, 1.165) is 33.0 Å². The Morgan fingerprint density at radius 3 is 0.699 bits per heavy atom. The fourth-order valence-electron chi connectivity index (χ4n) is 6.60. The van der Waals surface area contributed by atoms with Crippen molar-refractivity contribution >= 4 is 0 Å². The molecule has 0 aliphatic heterocycles. The minimum atomic E-state index is 0. The maximum atomic E-state index is 5.68. The summed E-state index contributed by atoms with van der Waals surface area (Å²) in [6.07, 6.45) is 10.3. The summed E-state index contributed by atoms with van der Waals surface area (Å²) in [5.74, 6) is 3.18. The average molecular weight is 1060 g/mol. The third-order valence-electron chi connectivity index (χ3n) is 10.3. The van der Waals surface area contributed by atoms with E-state index in [1.807, 2.05) is 41.5 Å². The van der Waals surface area contributed by atoms with Crippen LogP contribution in [0.15, 0.2) is 0 Å². The van der Waals surface area contributed by atoms with Crippen LogP contribution in [0.3, 0.4) is 0 Å². The summed E-state index contributed by atoms with van der Waals surface area (Å²) in [4.78, 5) is 0. The first-order valence-corrected chi connectivity index (χ1v) is 28.6. The van der Waals surface area contributed by atoms with E-state index in [-0.39, 0.29) is 50.0 Å². The van der Waals surface area contributed by atoms with E-state index < -0.39 is 0 Å². The molecule has 0 aromatic heterocycles. The van der Waals surface area contributed by atoms with Crippen molar-refractivity contribution in [2.45, 2.75) is 219 Å². The lowest BCUT2D eigenvalue weighted by molar-refractivity contribution is -0.0380. The molecular weight excluding hydrogens is 931 g/mol. The Morgan fingerprint density at radius 2 is 0.466 bits per heavy atom. The monoisotopic (exact) mass is 1060 g/mol. The predicted molar refractivity (Wildman–Crippen MR) is 307 cm³/mol. The van der Waals surface area contributed by atoms with Gasteiger partial charge in [-0.25, -0.2) is 0 Å². The maximum Gasteiger partial charge on any atom is 0.0781 e. The van der Waals surface area contributed by atoms with Gasteiger partial charge in [0.05, 0.1) is 124 Å². The van der Waals surface area contributed by atoms with Crippen molar-refractivity contribution in [3.8, 4) is 0 Å². The van der Waals surface area contributed by atoms with E-state index in [2.05, 4.69) is 76.2 Å². The fraction of sp³-hybridized carbons (Fsp3) is 1.00. The first-order chi connectivity index (χ1) is 34.2. The van der Waals surface area contributed by atoms with Crippen molar-refractivity contribution in [3.05, 3.63) is 0 Å². The normalized spacial score (nSPS) is 15.9. The molecule has 0 aromatic carbocycles. The minimum absolute atomic E-state index is 0. The Balaban J connectivity index is -0.000000281. The molecule has 15 nitrogen and oxygen atoms in total. The van der Waals surface area contributed by atoms with Gasteiger partial charge in [0.25, 0.3) is 0 Å². The number of hydrogen-bond acceptors (Lipinski definition) is 15. The van der Waals surface area contributed by atoms with Crippen molar-refractivity contribution in [3.63, 3.8) is 0 Å². The highest BCUT2D eigenvalue weighted by molar-refractivity contribution is 4.57. The lowest BCUT2D eigenvalue weighted by atomic mass is 10.1. The summed E-state index contributed by atoms with van der Waals surface area (Å²) in [5, 5.41) is 0. The predicted octanol–water partition coefficient (Wildman–Crippen LogP) is 10.8. The number of ether oxygens (including phenoxy) is 12. The second-order valence-electron chi connectivity index (χ2n) is 21.1. The summed E-state index contributed by atoms with van der Waals surface area (Å²) in [6.45, 7) is 49.3. The first-order valence-electron chi connectivity index (χ1n) is 28.6. The van der Waals surface area contributed by atoms with Crippen LogP contribution in [0.2, 0.25) is 0 Å². The van der Waals surface area contributed by atoms with Crippen LogP contribution >= 0.6 is 0 Å². The Hall–Kier alpha value is -0.600. The lowest BCUT2D eigenvalue weighted by Crippen LogP contribution is -2.26. The maximum absolute atomic E-state index is 5.68. The van der Waals surface area contributed by atoms with E-state index in [0.29, 0.717) is 129 Å². The second-order valence-corrected chi connectivity index (χ2v) is 21.1. The summed E-state index contributed by atoms with van der Waals surface area (Å²) < 4.78 is 66.3.